The number of methoxy groups -OCH3 is 1. The van der Waals surface area contributed by atoms with Gasteiger partial charge in [-0.2, -0.15) is 0 Å². The van der Waals surface area contributed by atoms with E-state index in [2.05, 4.69) is 25.9 Å². The highest BCUT2D eigenvalue weighted by Crippen LogP contribution is 1.96. The number of hydrogen-bond donors (Lipinski definition) is 0. The van der Waals surface area contributed by atoms with E-state index in [4.69, 9.17) is 4.74 Å². The third kappa shape index (κ3) is 9.92. The molecule has 0 aromatic carbocycles. The third-order valence-corrected chi connectivity index (χ3v) is 1.62. The fraction of sp³-hybridized carbons (Fsp3) is 1.00. The second-order valence-corrected chi connectivity index (χ2v) is 2.59. The van der Waals surface area contributed by atoms with E-state index in [0.29, 0.717) is 6.04 Å². The summed E-state index contributed by atoms with van der Waals surface area (Å²) >= 11 is 0. The van der Waals surface area contributed by atoms with Crippen LogP contribution in [0.5, 0.6) is 0 Å². The Morgan fingerprint density at radius 3 is 2.00 bits per heavy atom. The molecule has 0 aliphatic carbocycles. The number of hydrogen-bond acceptors (Lipinski definition) is 2. The summed E-state index contributed by atoms with van der Waals surface area (Å²) in [5, 5.41) is 0. The van der Waals surface area contributed by atoms with E-state index in [1.54, 1.807) is 7.11 Å². The molecule has 0 aliphatic heterocycles. The summed E-state index contributed by atoms with van der Waals surface area (Å²) in [4.78, 5) is 2.19. The van der Waals surface area contributed by atoms with Crippen LogP contribution in [0, 0.1) is 0 Å². The smallest absolute Gasteiger partial charge is 0.0477 e. The van der Waals surface area contributed by atoms with E-state index in [-0.39, 0.29) is 0 Å². The minimum Gasteiger partial charge on any atom is -0.385 e. The Morgan fingerprint density at radius 1 is 1.27 bits per heavy atom. The lowest BCUT2D eigenvalue weighted by Crippen LogP contribution is -2.25. The van der Waals surface area contributed by atoms with Crippen LogP contribution in [0.3, 0.4) is 0 Å². The molecule has 0 fully saturated rings. The molecule has 0 N–H and O–H groups in total. The highest BCUT2D eigenvalue weighted by Gasteiger charge is 2.01. The van der Waals surface area contributed by atoms with Crippen molar-refractivity contribution in [2.24, 2.45) is 0 Å². The molecule has 0 aromatic heterocycles. The van der Waals surface area contributed by atoms with Crippen LogP contribution >= 0.6 is 0 Å². The predicted octanol–water partition coefficient (Wildman–Crippen LogP) is 2.00. The van der Waals surface area contributed by atoms with E-state index in [9.17, 15) is 0 Å². The van der Waals surface area contributed by atoms with Gasteiger partial charge in [-0.1, -0.05) is 13.8 Å². The van der Waals surface area contributed by atoms with Gasteiger partial charge in [-0.3, -0.25) is 0 Å². The van der Waals surface area contributed by atoms with E-state index < -0.39 is 0 Å². The van der Waals surface area contributed by atoms with Gasteiger partial charge in [0.2, 0.25) is 0 Å². The summed E-state index contributed by atoms with van der Waals surface area (Å²) < 4.78 is 4.94. The topological polar surface area (TPSA) is 12.5 Å². The molecule has 1 atom stereocenters. The number of ether oxygens (including phenoxy) is 1. The van der Waals surface area contributed by atoms with E-state index >= 15 is 0 Å². The highest BCUT2D eigenvalue weighted by atomic mass is 16.5. The molecular weight excluding hydrogens is 138 g/mol. The van der Waals surface area contributed by atoms with Gasteiger partial charge >= 0.3 is 0 Å². The first kappa shape index (κ1) is 13.5. The Kier molecular flexibility index (Phi) is 12.2. The average molecular weight is 161 g/mol. The molecule has 2 nitrogen and oxygen atoms in total. The Bertz CT molecular complexity index is 64.6. The minimum absolute atomic E-state index is 0.630. The van der Waals surface area contributed by atoms with E-state index in [1.165, 1.54) is 0 Å². The first-order valence-corrected chi connectivity index (χ1v) is 4.34. The van der Waals surface area contributed by atoms with Crippen molar-refractivity contribution >= 4 is 0 Å². The fourth-order valence-electron chi connectivity index (χ4n) is 0.547. The molecule has 0 aliphatic rings. The van der Waals surface area contributed by atoms with Crippen molar-refractivity contribution in [3.8, 4) is 0 Å². The molecule has 2 heteroatoms. The molecule has 0 heterocycles. The predicted molar refractivity (Wildman–Crippen MR) is 51.0 cm³/mol. The van der Waals surface area contributed by atoms with Gasteiger partial charge in [-0.25, -0.2) is 0 Å². The molecule has 0 rings (SSSR count). The molecule has 70 valence electrons. The molecule has 0 aromatic rings. The second kappa shape index (κ2) is 9.92. The van der Waals surface area contributed by atoms with Crippen LogP contribution in [0.15, 0.2) is 0 Å². The SMILES string of the molecule is CC.COCCC(C)N(C)C. The largest absolute Gasteiger partial charge is 0.385 e. The highest BCUT2D eigenvalue weighted by molar-refractivity contribution is 4.57. The van der Waals surface area contributed by atoms with Crippen molar-refractivity contribution in [2.75, 3.05) is 27.8 Å². The Labute approximate surface area is 71.5 Å². The molecule has 0 saturated heterocycles. The van der Waals surface area contributed by atoms with Gasteiger partial charge in [0, 0.05) is 19.8 Å². The first-order valence-electron chi connectivity index (χ1n) is 4.34. The lowest BCUT2D eigenvalue weighted by atomic mass is 10.2. The van der Waals surface area contributed by atoms with Crippen LogP contribution in [0.4, 0.5) is 0 Å². The van der Waals surface area contributed by atoms with Gasteiger partial charge in [0.05, 0.1) is 0 Å². The zero-order valence-electron chi connectivity index (χ0n) is 8.85. The quantitative estimate of drug-likeness (QED) is 0.625. The molecule has 11 heavy (non-hydrogen) atoms. The van der Waals surface area contributed by atoms with Crippen molar-refractivity contribution in [1.29, 1.82) is 0 Å². The summed E-state index contributed by atoms with van der Waals surface area (Å²) in [5.74, 6) is 0. The average Bonchev–Trinajstić information content (AvgIpc) is 2.03. The molecule has 0 radical (unpaired) electrons. The second-order valence-electron chi connectivity index (χ2n) is 2.59. The molecule has 0 bridgehead atoms. The Balaban J connectivity index is 0. The van der Waals surface area contributed by atoms with Crippen molar-refractivity contribution in [3.05, 3.63) is 0 Å². The summed E-state index contributed by atoms with van der Waals surface area (Å²) in [7, 11) is 5.91. The van der Waals surface area contributed by atoms with Gasteiger partial charge < -0.3 is 9.64 Å². The molecule has 0 saturated carbocycles. The standard InChI is InChI=1S/C7H17NO.C2H6/c1-7(8(2)3)5-6-9-4;1-2/h7H,5-6H2,1-4H3;1-2H3. The minimum atomic E-state index is 0.630. The summed E-state index contributed by atoms with van der Waals surface area (Å²) in [6.45, 7) is 7.05. The first-order chi connectivity index (χ1) is 5.18. The van der Waals surface area contributed by atoms with Crippen molar-refractivity contribution < 1.29 is 4.74 Å². The zero-order chi connectivity index (χ0) is 9.28. The molecular formula is C9H23NO. The number of rotatable bonds is 4. The van der Waals surface area contributed by atoms with Crippen LogP contribution in [0.2, 0.25) is 0 Å². The van der Waals surface area contributed by atoms with Crippen LogP contribution < -0.4 is 0 Å². The van der Waals surface area contributed by atoms with E-state index in [0.717, 1.165) is 13.0 Å². The summed E-state index contributed by atoms with van der Waals surface area (Å²) in [6, 6.07) is 0.630. The van der Waals surface area contributed by atoms with Gasteiger partial charge in [0.1, 0.15) is 0 Å². The molecule has 1 unspecified atom stereocenters. The van der Waals surface area contributed by atoms with E-state index in [1.807, 2.05) is 13.8 Å². The van der Waals surface area contributed by atoms with Gasteiger partial charge in [0.25, 0.3) is 0 Å². The third-order valence-electron chi connectivity index (χ3n) is 1.62. The molecule has 0 amide bonds. The maximum Gasteiger partial charge on any atom is 0.0477 e. The van der Waals surface area contributed by atoms with Crippen molar-refractivity contribution in [2.45, 2.75) is 33.2 Å². The zero-order valence-corrected chi connectivity index (χ0v) is 8.85. The Morgan fingerprint density at radius 2 is 1.73 bits per heavy atom. The van der Waals surface area contributed by atoms with Crippen LogP contribution in [0.1, 0.15) is 27.2 Å². The lowest BCUT2D eigenvalue weighted by Gasteiger charge is -2.18. The maximum absolute atomic E-state index is 4.94. The van der Waals surface area contributed by atoms with Crippen molar-refractivity contribution in [3.63, 3.8) is 0 Å². The fourth-order valence-corrected chi connectivity index (χ4v) is 0.547. The summed E-state index contributed by atoms with van der Waals surface area (Å²) in [5.41, 5.74) is 0. The lowest BCUT2D eigenvalue weighted by molar-refractivity contribution is 0.163. The number of nitrogens with zero attached hydrogens (tertiary/aromatic N) is 1. The van der Waals surface area contributed by atoms with Gasteiger partial charge in [0.15, 0.2) is 0 Å². The van der Waals surface area contributed by atoms with Gasteiger partial charge in [-0.15, -0.1) is 0 Å². The van der Waals surface area contributed by atoms with Crippen molar-refractivity contribution in [1.82, 2.24) is 4.90 Å². The van der Waals surface area contributed by atoms with Crippen LogP contribution in [-0.4, -0.2) is 38.8 Å². The molecule has 0 spiro atoms. The monoisotopic (exact) mass is 161 g/mol. The van der Waals surface area contributed by atoms with Crippen LogP contribution in [0.25, 0.3) is 0 Å². The summed E-state index contributed by atoms with van der Waals surface area (Å²) in [6.07, 6.45) is 1.11. The Hall–Kier alpha value is -0.0800. The maximum atomic E-state index is 4.94. The normalized spacial score (nSPS) is 12.3. The van der Waals surface area contributed by atoms with Gasteiger partial charge in [-0.05, 0) is 27.4 Å². The van der Waals surface area contributed by atoms with Crippen LogP contribution in [-0.2, 0) is 4.74 Å².